The van der Waals surface area contributed by atoms with Gasteiger partial charge >= 0.3 is 0 Å². The van der Waals surface area contributed by atoms with Crippen LogP contribution in [0.1, 0.15) is 69.4 Å². The second-order valence-corrected chi connectivity index (χ2v) is 6.43. The van der Waals surface area contributed by atoms with Gasteiger partial charge in [-0.15, -0.1) is 0 Å². The molecule has 0 heterocycles. The Morgan fingerprint density at radius 1 is 0.850 bits per heavy atom. The average molecular weight is 273 g/mol. The van der Waals surface area contributed by atoms with E-state index >= 15 is 0 Å². The highest BCUT2D eigenvalue weighted by Crippen LogP contribution is 2.35. The lowest BCUT2D eigenvalue weighted by Gasteiger charge is -2.32. The summed E-state index contributed by atoms with van der Waals surface area (Å²) in [6.07, 6.45) is 12.3. The van der Waals surface area contributed by atoms with E-state index in [0.29, 0.717) is 12.1 Å². The summed E-state index contributed by atoms with van der Waals surface area (Å²) in [5.74, 6) is 0.729. The van der Waals surface area contributed by atoms with Crippen LogP contribution in [0.15, 0.2) is 30.3 Å². The van der Waals surface area contributed by atoms with E-state index in [-0.39, 0.29) is 0 Å². The van der Waals surface area contributed by atoms with E-state index in [1.54, 1.807) is 0 Å². The summed E-state index contributed by atoms with van der Waals surface area (Å²) in [4.78, 5) is 6.02. The molecule has 1 aromatic rings. The third-order valence-electron chi connectivity index (χ3n) is 4.94. The molecule has 2 heteroatoms. The van der Waals surface area contributed by atoms with E-state index < -0.39 is 0 Å². The van der Waals surface area contributed by atoms with Crippen molar-refractivity contribution in [1.29, 1.82) is 0 Å². The molecule has 1 aromatic carbocycles. The minimum absolute atomic E-state index is 0.372. The Morgan fingerprint density at radius 2 is 1.50 bits per heavy atom. The van der Waals surface area contributed by atoms with E-state index in [1.165, 1.54) is 63.4 Å². The van der Waals surface area contributed by atoms with E-state index in [9.17, 15) is 0 Å². The molecule has 1 N–H and O–H groups in total. The first-order valence-corrected chi connectivity index (χ1v) is 8.39. The van der Waals surface area contributed by atoms with Crippen molar-refractivity contribution < 1.29 is 4.84 Å². The Bertz CT molecular complexity index is 380. The molecule has 2 saturated carbocycles. The smallest absolute Gasteiger partial charge is 0.0790 e. The topological polar surface area (TPSA) is 21.3 Å². The molecule has 0 radical (unpaired) electrons. The Morgan fingerprint density at radius 3 is 2.20 bits per heavy atom. The molecule has 1 unspecified atom stereocenters. The van der Waals surface area contributed by atoms with Crippen molar-refractivity contribution in [2.45, 2.75) is 69.9 Å². The molecule has 2 aliphatic carbocycles. The lowest BCUT2D eigenvalue weighted by molar-refractivity contribution is -0.0547. The molecule has 0 spiro atoms. The second kappa shape index (κ2) is 7.24. The first kappa shape index (κ1) is 14.1. The molecule has 20 heavy (non-hydrogen) atoms. The van der Waals surface area contributed by atoms with Crippen molar-refractivity contribution in [3.05, 3.63) is 35.9 Å². The highest BCUT2D eigenvalue weighted by atomic mass is 16.7. The van der Waals surface area contributed by atoms with Crippen molar-refractivity contribution in [3.8, 4) is 0 Å². The van der Waals surface area contributed by atoms with E-state index in [4.69, 9.17) is 4.84 Å². The highest BCUT2D eigenvalue weighted by molar-refractivity contribution is 5.19. The van der Waals surface area contributed by atoms with E-state index in [1.807, 2.05) is 0 Å². The quantitative estimate of drug-likeness (QED) is 0.780. The van der Waals surface area contributed by atoms with Crippen LogP contribution < -0.4 is 5.48 Å². The Kier molecular flexibility index (Phi) is 5.10. The van der Waals surface area contributed by atoms with Crippen LogP contribution in [-0.2, 0) is 4.84 Å². The van der Waals surface area contributed by atoms with Gasteiger partial charge in [-0.05, 0) is 37.2 Å². The molecule has 1 atom stereocenters. The summed E-state index contributed by atoms with van der Waals surface area (Å²) >= 11 is 0. The van der Waals surface area contributed by atoms with Gasteiger partial charge in [-0.2, -0.15) is 5.48 Å². The van der Waals surface area contributed by atoms with Crippen LogP contribution in [0.3, 0.4) is 0 Å². The van der Waals surface area contributed by atoms with Crippen molar-refractivity contribution in [2.75, 3.05) is 0 Å². The molecule has 0 saturated heterocycles. The number of benzene rings is 1. The molecule has 3 rings (SSSR count). The average Bonchev–Trinajstić information content (AvgIpc) is 3.03. The molecular weight excluding hydrogens is 246 g/mol. The number of hydroxylamine groups is 1. The molecule has 110 valence electrons. The van der Waals surface area contributed by atoms with Crippen LogP contribution >= 0.6 is 0 Å². The summed E-state index contributed by atoms with van der Waals surface area (Å²) in [6, 6.07) is 11.2. The van der Waals surface area contributed by atoms with Gasteiger partial charge in [0.1, 0.15) is 0 Å². The van der Waals surface area contributed by atoms with Gasteiger partial charge in [0.25, 0.3) is 0 Å². The largest absolute Gasteiger partial charge is 0.298 e. The maximum absolute atomic E-state index is 6.02. The molecular formula is C18H27NO. The monoisotopic (exact) mass is 273 g/mol. The Labute approximate surface area is 122 Å². The Hall–Kier alpha value is -0.860. The summed E-state index contributed by atoms with van der Waals surface area (Å²) in [7, 11) is 0. The van der Waals surface area contributed by atoms with Gasteiger partial charge in [-0.3, -0.25) is 4.84 Å². The van der Waals surface area contributed by atoms with Crippen molar-refractivity contribution >= 4 is 0 Å². The highest BCUT2D eigenvalue weighted by Gasteiger charge is 2.26. The van der Waals surface area contributed by atoms with Gasteiger partial charge in [0, 0.05) is 0 Å². The zero-order valence-electron chi connectivity index (χ0n) is 12.4. The molecule has 2 fully saturated rings. The van der Waals surface area contributed by atoms with Crippen LogP contribution in [0.4, 0.5) is 0 Å². The number of hydrogen-bond donors (Lipinski definition) is 1. The van der Waals surface area contributed by atoms with Crippen LogP contribution in [0, 0.1) is 5.92 Å². The second-order valence-electron chi connectivity index (χ2n) is 6.43. The van der Waals surface area contributed by atoms with E-state index in [2.05, 4.69) is 35.8 Å². The van der Waals surface area contributed by atoms with Gasteiger partial charge in [-0.25, -0.2) is 0 Å². The third kappa shape index (κ3) is 3.62. The predicted octanol–water partition coefficient (Wildman–Crippen LogP) is 4.77. The fourth-order valence-corrected chi connectivity index (χ4v) is 3.74. The molecule has 2 aliphatic rings. The molecule has 0 bridgehead atoms. The summed E-state index contributed by atoms with van der Waals surface area (Å²) in [5.41, 5.74) is 4.83. The number of hydrogen-bond acceptors (Lipinski definition) is 2. The van der Waals surface area contributed by atoms with Crippen molar-refractivity contribution in [2.24, 2.45) is 5.92 Å². The third-order valence-corrected chi connectivity index (χ3v) is 4.94. The molecule has 0 aliphatic heterocycles. The van der Waals surface area contributed by atoms with Gasteiger partial charge < -0.3 is 0 Å². The lowest BCUT2D eigenvalue weighted by Crippen LogP contribution is -2.32. The fraction of sp³-hybridized carbons (Fsp3) is 0.667. The van der Waals surface area contributed by atoms with Gasteiger partial charge in [0.2, 0.25) is 0 Å². The van der Waals surface area contributed by atoms with E-state index in [0.717, 1.165) is 5.92 Å². The zero-order valence-corrected chi connectivity index (χ0v) is 12.4. The minimum Gasteiger partial charge on any atom is -0.298 e. The van der Waals surface area contributed by atoms with Crippen molar-refractivity contribution in [1.82, 2.24) is 5.48 Å². The van der Waals surface area contributed by atoms with Crippen molar-refractivity contribution in [3.63, 3.8) is 0 Å². The first-order valence-electron chi connectivity index (χ1n) is 8.39. The number of rotatable bonds is 5. The molecule has 2 nitrogen and oxygen atoms in total. The van der Waals surface area contributed by atoms with Gasteiger partial charge in [-0.1, -0.05) is 62.4 Å². The van der Waals surface area contributed by atoms with Gasteiger partial charge in [0.15, 0.2) is 0 Å². The molecule has 0 aromatic heterocycles. The standard InChI is InChI=1S/C18H27NO/c1-3-9-15(10-4-1)18(16-11-5-2-6-12-16)19-20-17-13-7-8-14-17/h1,3-4,9-10,16-19H,2,5-8,11-14H2. The maximum Gasteiger partial charge on any atom is 0.0790 e. The predicted molar refractivity (Wildman–Crippen MR) is 82.2 cm³/mol. The van der Waals surface area contributed by atoms with Crippen LogP contribution in [0.5, 0.6) is 0 Å². The first-order chi connectivity index (χ1) is 9.93. The van der Waals surface area contributed by atoms with Gasteiger partial charge in [0.05, 0.1) is 12.1 Å². The SMILES string of the molecule is c1ccc(C(NOC2CCCC2)C2CCCCC2)cc1. The molecule has 0 amide bonds. The number of nitrogens with one attached hydrogen (secondary N) is 1. The maximum atomic E-state index is 6.02. The lowest BCUT2D eigenvalue weighted by atomic mass is 9.81. The van der Waals surface area contributed by atoms with Crippen LogP contribution in [0.25, 0.3) is 0 Å². The zero-order chi connectivity index (χ0) is 13.6. The normalized spacial score (nSPS) is 23.0. The Balaban J connectivity index is 1.65. The van der Waals surface area contributed by atoms with Crippen LogP contribution in [-0.4, -0.2) is 6.10 Å². The summed E-state index contributed by atoms with van der Waals surface area (Å²) in [6.45, 7) is 0. The van der Waals surface area contributed by atoms with Crippen LogP contribution in [0.2, 0.25) is 0 Å². The fourth-order valence-electron chi connectivity index (χ4n) is 3.74. The summed E-state index contributed by atoms with van der Waals surface area (Å²) < 4.78 is 0. The summed E-state index contributed by atoms with van der Waals surface area (Å²) in [5, 5.41) is 0. The minimum atomic E-state index is 0.372.